The fraction of sp³-hybridized carbons (Fsp3) is 0.647. The minimum atomic E-state index is 0. The monoisotopic (exact) mass is 466 g/mol. The Hall–Kier alpha value is -0.830. The molecule has 0 aromatic carbocycles. The third-order valence-electron chi connectivity index (χ3n) is 3.44. The van der Waals surface area contributed by atoms with Crippen molar-refractivity contribution >= 4 is 47.2 Å². The van der Waals surface area contributed by atoms with Crippen LogP contribution in [0.2, 0.25) is 0 Å². The van der Waals surface area contributed by atoms with Crippen molar-refractivity contribution in [3.63, 3.8) is 0 Å². The number of hydrogen-bond donors (Lipinski definition) is 2. The summed E-state index contributed by atoms with van der Waals surface area (Å²) in [5.41, 5.74) is 0. The van der Waals surface area contributed by atoms with Gasteiger partial charge in [-0.15, -0.1) is 35.3 Å². The summed E-state index contributed by atoms with van der Waals surface area (Å²) < 4.78 is 0. The van der Waals surface area contributed by atoms with E-state index in [2.05, 4.69) is 40.1 Å². The Morgan fingerprint density at radius 3 is 2.58 bits per heavy atom. The number of thiophene rings is 1. The van der Waals surface area contributed by atoms with E-state index < -0.39 is 0 Å². The highest BCUT2D eigenvalue weighted by molar-refractivity contribution is 14.0. The predicted molar refractivity (Wildman–Crippen MR) is 115 cm³/mol. The number of aliphatic imine (C=N–C) groups is 1. The molecule has 0 radical (unpaired) electrons. The van der Waals surface area contributed by atoms with Crippen LogP contribution < -0.4 is 10.6 Å². The molecule has 0 atom stereocenters. The molecule has 7 heteroatoms. The Bertz CT molecular complexity index is 463. The molecule has 0 saturated carbocycles. The van der Waals surface area contributed by atoms with Gasteiger partial charge in [-0.3, -0.25) is 4.79 Å². The maximum Gasteiger partial charge on any atom is 0.243 e. The second-order valence-electron chi connectivity index (χ2n) is 5.70. The van der Waals surface area contributed by atoms with E-state index in [-0.39, 0.29) is 36.4 Å². The van der Waals surface area contributed by atoms with Crippen LogP contribution in [-0.2, 0) is 11.2 Å². The highest BCUT2D eigenvalue weighted by Crippen LogP contribution is 2.07. The van der Waals surface area contributed by atoms with Crippen LogP contribution in [0, 0.1) is 0 Å². The van der Waals surface area contributed by atoms with E-state index in [0.717, 1.165) is 31.9 Å². The van der Waals surface area contributed by atoms with Gasteiger partial charge < -0.3 is 15.5 Å². The Balaban J connectivity index is 0.00000529. The number of nitrogens with zero attached hydrogens (tertiary/aromatic N) is 2. The molecule has 2 N–H and O–H groups in total. The lowest BCUT2D eigenvalue weighted by atomic mass is 10.2. The number of hydrogen-bond acceptors (Lipinski definition) is 3. The lowest BCUT2D eigenvalue weighted by molar-refractivity contribution is -0.127. The highest BCUT2D eigenvalue weighted by atomic mass is 127. The first-order valence-electron chi connectivity index (χ1n) is 8.38. The topological polar surface area (TPSA) is 56.7 Å². The van der Waals surface area contributed by atoms with Crippen LogP contribution in [0.15, 0.2) is 22.5 Å². The molecular formula is C17H31IN4OS. The zero-order valence-electron chi connectivity index (χ0n) is 15.0. The van der Waals surface area contributed by atoms with Crippen molar-refractivity contribution in [3.05, 3.63) is 22.4 Å². The van der Waals surface area contributed by atoms with Crippen molar-refractivity contribution < 1.29 is 4.79 Å². The number of likely N-dealkylation sites (N-methyl/N-ethyl adjacent to an activating group) is 1. The Labute approximate surface area is 167 Å². The maximum atomic E-state index is 11.7. The molecule has 0 aliphatic rings. The maximum absolute atomic E-state index is 11.7. The van der Waals surface area contributed by atoms with Gasteiger partial charge in [0.2, 0.25) is 5.91 Å². The predicted octanol–water partition coefficient (Wildman–Crippen LogP) is 3.11. The van der Waals surface area contributed by atoms with Crippen LogP contribution in [0.1, 0.15) is 37.5 Å². The second kappa shape index (κ2) is 14.5. The normalized spacial score (nSPS) is 10.9. The fourth-order valence-electron chi connectivity index (χ4n) is 1.98. The molecule has 1 aromatic heterocycles. The third-order valence-corrected chi connectivity index (χ3v) is 4.37. The quantitative estimate of drug-likeness (QED) is 0.241. The number of guanidine groups is 1. The van der Waals surface area contributed by atoms with Crippen molar-refractivity contribution in [1.29, 1.82) is 0 Å². The zero-order chi connectivity index (χ0) is 16.9. The van der Waals surface area contributed by atoms with Crippen molar-refractivity contribution in [3.8, 4) is 0 Å². The van der Waals surface area contributed by atoms with E-state index in [1.807, 2.05) is 0 Å². The minimum absolute atomic E-state index is 0. The summed E-state index contributed by atoms with van der Waals surface area (Å²) in [6.45, 7) is 4.09. The van der Waals surface area contributed by atoms with Crippen LogP contribution in [0.5, 0.6) is 0 Å². The van der Waals surface area contributed by atoms with Gasteiger partial charge in [-0.1, -0.05) is 32.3 Å². The van der Waals surface area contributed by atoms with Gasteiger partial charge in [-0.2, -0.15) is 0 Å². The number of carbonyl (C=O) groups is 1. The zero-order valence-corrected chi connectivity index (χ0v) is 18.2. The molecule has 138 valence electrons. The molecule has 0 aliphatic carbocycles. The van der Waals surface area contributed by atoms with Crippen molar-refractivity contribution in [2.24, 2.45) is 4.99 Å². The van der Waals surface area contributed by atoms with Gasteiger partial charge in [0.1, 0.15) is 6.54 Å². The van der Waals surface area contributed by atoms with Gasteiger partial charge in [0.05, 0.1) is 0 Å². The molecule has 0 unspecified atom stereocenters. The van der Waals surface area contributed by atoms with E-state index in [0.29, 0.717) is 0 Å². The number of carbonyl (C=O) groups excluding carboxylic acids is 1. The number of unbranched alkanes of at least 4 members (excludes halogenated alkanes) is 3. The summed E-state index contributed by atoms with van der Waals surface area (Å²) in [5, 5.41) is 8.73. The van der Waals surface area contributed by atoms with Crippen LogP contribution in [-0.4, -0.2) is 50.5 Å². The molecule has 0 spiro atoms. The minimum Gasteiger partial charge on any atom is -0.356 e. The molecule has 1 heterocycles. The van der Waals surface area contributed by atoms with E-state index in [9.17, 15) is 4.79 Å². The summed E-state index contributed by atoms with van der Waals surface area (Å²) in [6.07, 6.45) is 5.82. The van der Waals surface area contributed by atoms with E-state index in [1.165, 1.54) is 24.1 Å². The summed E-state index contributed by atoms with van der Waals surface area (Å²) in [6, 6.07) is 4.20. The Kier molecular flexibility index (Phi) is 14.0. The van der Waals surface area contributed by atoms with E-state index in [1.54, 1.807) is 30.3 Å². The number of nitrogens with one attached hydrogen (secondary N) is 2. The fourth-order valence-corrected chi connectivity index (χ4v) is 2.69. The summed E-state index contributed by atoms with van der Waals surface area (Å²) in [5.74, 6) is 0.739. The van der Waals surface area contributed by atoms with Gasteiger partial charge in [0.25, 0.3) is 0 Å². The summed E-state index contributed by atoms with van der Waals surface area (Å²) >= 11 is 1.76. The lowest BCUT2D eigenvalue weighted by Crippen LogP contribution is -2.39. The van der Waals surface area contributed by atoms with E-state index >= 15 is 0 Å². The third kappa shape index (κ3) is 10.9. The molecule has 0 bridgehead atoms. The first-order chi connectivity index (χ1) is 11.1. The molecule has 1 amide bonds. The number of rotatable bonds is 10. The largest absolute Gasteiger partial charge is 0.356 e. The first kappa shape index (κ1) is 23.2. The average molecular weight is 466 g/mol. The Morgan fingerprint density at radius 1 is 1.21 bits per heavy atom. The molecule has 0 saturated heterocycles. The second-order valence-corrected chi connectivity index (χ2v) is 6.73. The summed E-state index contributed by atoms with van der Waals surface area (Å²) in [7, 11) is 3.50. The lowest BCUT2D eigenvalue weighted by Gasteiger charge is -2.13. The highest BCUT2D eigenvalue weighted by Gasteiger charge is 2.04. The van der Waals surface area contributed by atoms with Crippen molar-refractivity contribution in [2.75, 3.05) is 33.7 Å². The van der Waals surface area contributed by atoms with Gasteiger partial charge in [-0.05, 0) is 24.3 Å². The van der Waals surface area contributed by atoms with Gasteiger partial charge in [0.15, 0.2) is 5.96 Å². The molecule has 0 fully saturated rings. The molecule has 5 nitrogen and oxygen atoms in total. The SMILES string of the molecule is CCCCCCNC(=NCC(=O)N(C)C)NCCc1cccs1.I. The average Bonchev–Trinajstić information content (AvgIpc) is 3.04. The van der Waals surface area contributed by atoms with Crippen LogP contribution in [0.3, 0.4) is 0 Å². The number of amides is 1. The van der Waals surface area contributed by atoms with Crippen molar-refractivity contribution in [2.45, 2.75) is 39.0 Å². The smallest absolute Gasteiger partial charge is 0.243 e. The first-order valence-corrected chi connectivity index (χ1v) is 9.26. The van der Waals surface area contributed by atoms with E-state index in [4.69, 9.17) is 0 Å². The number of halogens is 1. The van der Waals surface area contributed by atoms with Gasteiger partial charge >= 0.3 is 0 Å². The van der Waals surface area contributed by atoms with Crippen LogP contribution in [0.4, 0.5) is 0 Å². The van der Waals surface area contributed by atoms with Gasteiger partial charge in [0, 0.05) is 32.1 Å². The Morgan fingerprint density at radius 2 is 1.96 bits per heavy atom. The molecule has 0 aliphatic heterocycles. The van der Waals surface area contributed by atoms with Crippen LogP contribution >= 0.6 is 35.3 Å². The molecule has 1 rings (SSSR count). The van der Waals surface area contributed by atoms with Crippen LogP contribution in [0.25, 0.3) is 0 Å². The molecular weight excluding hydrogens is 435 g/mol. The van der Waals surface area contributed by atoms with Gasteiger partial charge in [-0.25, -0.2) is 4.99 Å². The molecule has 1 aromatic rings. The standard InChI is InChI=1S/C17H30N4OS.HI/c1-4-5-6-7-11-18-17(20-14-16(22)21(2)3)19-12-10-15-9-8-13-23-15;/h8-9,13H,4-7,10-12,14H2,1-3H3,(H2,18,19,20);1H. The van der Waals surface area contributed by atoms with Crippen molar-refractivity contribution in [1.82, 2.24) is 15.5 Å². The molecule has 24 heavy (non-hydrogen) atoms. The summed E-state index contributed by atoms with van der Waals surface area (Å²) in [4.78, 5) is 19.0.